The summed E-state index contributed by atoms with van der Waals surface area (Å²) in [4.78, 5) is 14.1. The summed E-state index contributed by atoms with van der Waals surface area (Å²) in [6.45, 7) is 7.80. The number of hydrogen-bond acceptors (Lipinski definition) is 6. The highest BCUT2D eigenvalue weighted by molar-refractivity contribution is 7.16. The molecule has 0 aromatic carbocycles. The van der Waals surface area contributed by atoms with Gasteiger partial charge in [-0.15, -0.1) is 11.3 Å². The topological polar surface area (TPSA) is 79.2 Å². The first-order chi connectivity index (χ1) is 12.7. The van der Waals surface area contributed by atoms with Gasteiger partial charge in [-0.3, -0.25) is 4.79 Å². The summed E-state index contributed by atoms with van der Waals surface area (Å²) in [5.41, 5.74) is -0.128. The normalized spacial score (nSPS) is 20.6. The summed E-state index contributed by atoms with van der Waals surface area (Å²) in [5, 5.41) is 21.0. The first-order valence-corrected chi connectivity index (χ1v) is 10.4. The van der Waals surface area contributed by atoms with Gasteiger partial charge in [0, 0.05) is 22.9 Å². The Kier molecular flexibility index (Phi) is 5.96. The van der Waals surface area contributed by atoms with E-state index in [9.17, 15) is 9.90 Å². The molecule has 0 radical (unpaired) electrons. The molecular weight excluding hydrogens is 384 g/mol. The van der Waals surface area contributed by atoms with Crippen molar-refractivity contribution in [3.05, 3.63) is 33.1 Å². The Bertz CT molecular complexity index is 808. The highest BCUT2D eigenvalue weighted by atomic mass is 35.5. The van der Waals surface area contributed by atoms with Crippen molar-refractivity contribution in [2.24, 2.45) is 5.41 Å². The number of piperidine rings is 1. The van der Waals surface area contributed by atoms with Crippen LogP contribution in [0, 0.1) is 5.41 Å². The maximum absolute atomic E-state index is 13.0. The van der Waals surface area contributed by atoms with Crippen LogP contribution >= 0.6 is 22.9 Å². The van der Waals surface area contributed by atoms with Crippen LogP contribution in [0.3, 0.4) is 0 Å². The molecule has 1 aliphatic rings. The third-order valence-electron chi connectivity index (χ3n) is 5.16. The molecule has 6 nitrogen and oxygen atoms in total. The van der Waals surface area contributed by atoms with Gasteiger partial charge in [0.05, 0.1) is 28.6 Å². The molecule has 1 fully saturated rings. The van der Waals surface area contributed by atoms with Crippen molar-refractivity contribution in [1.82, 2.24) is 15.1 Å². The molecule has 3 rings (SSSR count). The standard InChI is InChI=1S/C19H27ClN4O2S/c1-18(2,12-25)17(26)24-16(22-10-13-5-6-15(20)27-13)9-14(23-24)19(3)7-4-8-21-11-19/h5-6,9,21-22,25H,4,7-8,10-12H2,1-3H3. The quantitative estimate of drug-likeness (QED) is 0.679. The van der Waals surface area contributed by atoms with E-state index in [4.69, 9.17) is 11.6 Å². The van der Waals surface area contributed by atoms with E-state index in [0.29, 0.717) is 12.4 Å². The Morgan fingerprint density at radius 3 is 2.89 bits per heavy atom. The van der Waals surface area contributed by atoms with Crippen LogP contribution in [-0.4, -0.2) is 40.5 Å². The largest absolute Gasteiger partial charge is 0.395 e. The molecular formula is C19H27ClN4O2S. The van der Waals surface area contributed by atoms with Gasteiger partial charge < -0.3 is 15.7 Å². The van der Waals surface area contributed by atoms with E-state index in [0.717, 1.165) is 40.8 Å². The van der Waals surface area contributed by atoms with Crippen molar-refractivity contribution < 1.29 is 9.90 Å². The molecule has 1 unspecified atom stereocenters. The van der Waals surface area contributed by atoms with Crippen LogP contribution in [0.2, 0.25) is 4.34 Å². The number of rotatable bonds is 6. The first-order valence-electron chi connectivity index (χ1n) is 9.20. The summed E-state index contributed by atoms with van der Waals surface area (Å²) in [6.07, 6.45) is 2.10. The number of nitrogens with one attached hydrogen (secondary N) is 2. The van der Waals surface area contributed by atoms with E-state index in [1.54, 1.807) is 13.8 Å². The monoisotopic (exact) mass is 410 g/mol. The summed E-state index contributed by atoms with van der Waals surface area (Å²) in [5.74, 6) is 0.420. The second-order valence-electron chi connectivity index (χ2n) is 8.07. The number of thiophene rings is 1. The number of anilines is 1. The van der Waals surface area contributed by atoms with Crippen LogP contribution in [0.25, 0.3) is 0 Å². The third kappa shape index (κ3) is 4.37. The fourth-order valence-electron chi connectivity index (χ4n) is 3.21. The Hall–Kier alpha value is -1.41. The van der Waals surface area contributed by atoms with E-state index in [-0.39, 0.29) is 17.9 Å². The van der Waals surface area contributed by atoms with E-state index in [1.807, 2.05) is 18.2 Å². The highest BCUT2D eigenvalue weighted by Crippen LogP contribution is 2.33. The molecule has 0 aliphatic carbocycles. The van der Waals surface area contributed by atoms with E-state index < -0.39 is 5.41 Å². The van der Waals surface area contributed by atoms with Gasteiger partial charge in [-0.25, -0.2) is 0 Å². The molecule has 148 valence electrons. The average Bonchev–Trinajstić information content (AvgIpc) is 3.26. The minimum absolute atomic E-state index is 0.115. The van der Waals surface area contributed by atoms with Gasteiger partial charge in [0.1, 0.15) is 5.82 Å². The van der Waals surface area contributed by atoms with Gasteiger partial charge in [-0.2, -0.15) is 9.78 Å². The number of halogens is 1. The van der Waals surface area contributed by atoms with Crippen LogP contribution < -0.4 is 10.6 Å². The van der Waals surface area contributed by atoms with Crippen LogP contribution in [0.1, 0.15) is 49.0 Å². The zero-order valence-corrected chi connectivity index (χ0v) is 17.6. The molecule has 27 heavy (non-hydrogen) atoms. The number of carbonyl (C=O) groups is 1. The molecule has 0 amide bonds. The molecule has 0 bridgehead atoms. The maximum Gasteiger partial charge on any atom is 0.256 e. The lowest BCUT2D eigenvalue weighted by Gasteiger charge is -2.32. The van der Waals surface area contributed by atoms with Gasteiger partial charge in [-0.05, 0) is 45.4 Å². The minimum atomic E-state index is -0.905. The molecule has 3 N–H and O–H groups in total. The fraction of sp³-hybridized carbons (Fsp3) is 0.579. The van der Waals surface area contributed by atoms with Gasteiger partial charge in [0.15, 0.2) is 0 Å². The Morgan fingerprint density at radius 1 is 1.52 bits per heavy atom. The first kappa shape index (κ1) is 20.3. The van der Waals surface area contributed by atoms with E-state index in [2.05, 4.69) is 22.7 Å². The Balaban J connectivity index is 1.92. The average molecular weight is 411 g/mol. The molecule has 3 heterocycles. The predicted octanol–water partition coefficient (Wildman–Crippen LogP) is 3.51. The second kappa shape index (κ2) is 7.91. The lowest BCUT2D eigenvalue weighted by Crippen LogP contribution is -2.41. The number of hydrogen-bond donors (Lipinski definition) is 3. The molecule has 1 atom stereocenters. The van der Waals surface area contributed by atoms with Crippen LogP contribution in [0.4, 0.5) is 5.82 Å². The zero-order chi connectivity index (χ0) is 19.7. The molecule has 1 saturated heterocycles. The molecule has 0 spiro atoms. The smallest absolute Gasteiger partial charge is 0.256 e. The summed E-state index contributed by atoms with van der Waals surface area (Å²) < 4.78 is 2.15. The maximum atomic E-state index is 13.0. The number of aromatic nitrogens is 2. The lowest BCUT2D eigenvalue weighted by atomic mass is 9.80. The number of carbonyl (C=O) groups excluding carboxylic acids is 1. The van der Waals surface area contributed by atoms with Crippen molar-refractivity contribution in [2.45, 2.75) is 45.6 Å². The van der Waals surface area contributed by atoms with Gasteiger partial charge >= 0.3 is 0 Å². The Labute approximate surface area is 168 Å². The van der Waals surface area contributed by atoms with Gasteiger partial charge in [0.2, 0.25) is 0 Å². The highest BCUT2D eigenvalue weighted by Gasteiger charge is 2.35. The van der Waals surface area contributed by atoms with Crippen molar-refractivity contribution >= 4 is 34.7 Å². The van der Waals surface area contributed by atoms with Gasteiger partial charge in [0.25, 0.3) is 5.91 Å². The van der Waals surface area contributed by atoms with Crippen molar-refractivity contribution in [3.63, 3.8) is 0 Å². The molecule has 2 aromatic heterocycles. The summed E-state index contributed by atoms with van der Waals surface area (Å²) in [7, 11) is 0. The molecule has 2 aromatic rings. The minimum Gasteiger partial charge on any atom is -0.395 e. The van der Waals surface area contributed by atoms with Crippen LogP contribution in [0.15, 0.2) is 18.2 Å². The SMILES string of the molecule is CC(C)(CO)C(=O)n1nc(C2(C)CCCNC2)cc1NCc1ccc(Cl)s1. The van der Waals surface area contributed by atoms with Crippen LogP contribution in [0.5, 0.6) is 0 Å². The summed E-state index contributed by atoms with van der Waals surface area (Å²) >= 11 is 7.51. The molecule has 1 aliphatic heterocycles. The second-order valence-corrected chi connectivity index (χ2v) is 9.87. The zero-order valence-electron chi connectivity index (χ0n) is 16.0. The lowest BCUT2D eigenvalue weighted by molar-refractivity contribution is 0.0615. The van der Waals surface area contributed by atoms with Crippen LogP contribution in [-0.2, 0) is 12.0 Å². The van der Waals surface area contributed by atoms with Crippen molar-refractivity contribution in [3.8, 4) is 0 Å². The Morgan fingerprint density at radius 2 is 2.30 bits per heavy atom. The van der Waals surface area contributed by atoms with Gasteiger partial charge in [-0.1, -0.05) is 18.5 Å². The fourth-order valence-corrected chi connectivity index (χ4v) is 4.24. The van der Waals surface area contributed by atoms with Crippen molar-refractivity contribution in [1.29, 1.82) is 0 Å². The van der Waals surface area contributed by atoms with Crippen molar-refractivity contribution in [2.75, 3.05) is 25.0 Å². The predicted molar refractivity (Wildman–Crippen MR) is 110 cm³/mol. The van der Waals surface area contributed by atoms with E-state index >= 15 is 0 Å². The third-order valence-corrected chi connectivity index (χ3v) is 6.40. The number of aliphatic hydroxyl groups excluding tert-OH is 1. The molecule has 8 heteroatoms. The van der Waals surface area contributed by atoms with E-state index in [1.165, 1.54) is 16.0 Å². The number of nitrogens with zero attached hydrogens (tertiary/aromatic N) is 2. The molecule has 0 saturated carbocycles. The number of aliphatic hydroxyl groups is 1. The summed E-state index contributed by atoms with van der Waals surface area (Å²) in [6, 6.07) is 5.79.